The van der Waals surface area contributed by atoms with Gasteiger partial charge in [-0.3, -0.25) is 9.69 Å². The highest BCUT2D eigenvalue weighted by molar-refractivity contribution is 5.86. The Morgan fingerprint density at radius 3 is 3.00 bits per heavy atom. The summed E-state index contributed by atoms with van der Waals surface area (Å²) in [6.07, 6.45) is 1.47. The first-order chi connectivity index (χ1) is 6.66. The summed E-state index contributed by atoms with van der Waals surface area (Å²) in [6.45, 7) is 2.84. The van der Waals surface area contributed by atoms with Crippen LogP contribution in [0.3, 0.4) is 0 Å². The average molecular weight is 200 g/mol. The number of carbonyl (C=O) groups excluding carboxylic acids is 1. The number of hydrogen-bond donors (Lipinski definition) is 2. The molecule has 14 heavy (non-hydrogen) atoms. The van der Waals surface area contributed by atoms with Crippen LogP contribution in [0.4, 0.5) is 4.79 Å². The van der Waals surface area contributed by atoms with Crippen molar-refractivity contribution in [3.8, 4) is 0 Å². The van der Waals surface area contributed by atoms with E-state index in [-0.39, 0.29) is 5.91 Å². The van der Waals surface area contributed by atoms with Crippen molar-refractivity contribution in [1.82, 2.24) is 10.2 Å². The summed E-state index contributed by atoms with van der Waals surface area (Å²) >= 11 is 0. The van der Waals surface area contributed by atoms with Crippen LogP contribution in [-0.4, -0.2) is 41.1 Å². The second kappa shape index (κ2) is 4.83. The predicted octanol–water partition coefficient (Wildman–Crippen LogP) is 0.655. The SMILES string of the molecule is CCCCC1C(=O)NCCN1C(=O)O. The largest absolute Gasteiger partial charge is 0.465 e. The van der Waals surface area contributed by atoms with Crippen LogP contribution in [0.15, 0.2) is 0 Å². The lowest BCUT2D eigenvalue weighted by atomic mass is 10.1. The molecule has 1 aliphatic heterocycles. The third kappa shape index (κ3) is 2.37. The van der Waals surface area contributed by atoms with Crippen LogP contribution in [0, 0.1) is 0 Å². The average Bonchev–Trinajstić information content (AvgIpc) is 2.15. The minimum atomic E-state index is -0.999. The fraction of sp³-hybridized carbons (Fsp3) is 0.778. The van der Waals surface area contributed by atoms with Crippen molar-refractivity contribution in [2.75, 3.05) is 13.1 Å². The van der Waals surface area contributed by atoms with Gasteiger partial charge in [-0.1, -0.05) is 19.8 Å². The highest BCUT2D eigenvalue weighted by Crippen LogP contribution is 2.12. The molecule has 1 fully saturated rings. The zero-order valence-electron chi connectivity index (χ0n) is 8.32. The number of rotatable bonds is 3. The maximum Gasteiger partial charge on any atom is 0.408 e. The molecule has 5 heteroatoms. The Kier molecular flexibility index (Phi) is 3.73. The minimum Gasteiger partial charge on any atom is -0.465 e. The zero-order chi connectivity index (χ0) is 10.6. The van der Waals surface area contributed by atoms with Gasteiger partial charge in [0.25, 0.3) is 0 Å². The van der Waals surface area contributed by atoms with Crippen molar-refractivity contribution >= 4 is 12.0 Å². The maximum absolute atomic E-state index is 11.4. The Morgan fingerprint density at radius 1 is 1.71 bits per heavy atom. The topological polar surface area (TPSA) is 69.6 Å². The van der Waals surface area contributed by atoms with Gasteiger partial charge in [0, 0.05) is 13.1 Å². The molecule has 0 spiro atoms. The first kappa shape index (κ1) is 10.8. The van der Waals surface area contributed by atoms with E-state index in [0.717, 1.165) is 12.8 Å². The molecule has 2 N–H and O–H groups in total. The quantitative estimate of drug-likeness (QED) is 0.703. The highest BCUT2D eigenvalue weighted by atomic mass is 16.4. The fourth-order valence-corrected chi connectivity index (χ4v) is 1.63. The molecule has 0 aromatic rings. The Balaban J connectivity index is 2.61. The summed E-state index contributed by atoms with van der Waals surface area (Å²) in [5.74, 6) is -0.160. The molecule has 80 valence electrons. The molecule has 0 saturated carbocycles. The number of amides is 2. The van der Waals surface area contributed by atoms with Crippen LogP contribution >= 0.6 is 0 Å². The van der Waals surface area contributed by atoms with E-state index in [1.165, 1.54) is 4.90 Å². The molecule has 1 aliphatic rings. The van der Waals surface area contributed by atoms with Crippen molar-refractivity contribution in [2.24, 2.45) is 0 Å². The van der Waals surface area contributed by atoms with Crippen molar-refractivity contribution < 1.29 is 14.7 Å². The van der Waals surface area contributed by atoms with E-state index in [4.69, 9.17) is 5.11 Å². The molecular formula is C9H16N2O3. The standard InChI is InChI=1S/C9H16N2O3/c1-2-3-4-7-8(12)10-5-6-11(7)9(13)14/h7H,2-6H2,1H3,(H,10,12)(H,13,14). The van der Waals surface area contributed by atoms with Crippen LogP contribution in [0.2, 0.25) is 0 Å². The van der Waals surface area contributed by atoms with Crippen LogP contribution in [0.5, 0.6) is 0 Å². The number of carbonyl (C=O) groups is 2. The summed E-state index contributed by atoms with van der Waals surface area (Å²) in [6, 6.07) is -0.485. The summed E-state index contributed by atoms with van der Waals surface area (Å²) in [5.41, 5.74) is 0. The van der Waals surface area contributed by atoms with Crippen molar-refractivity contribution in [1.29, 1.82) is 0 Å². The Bertz CT molecular complexity index is 230. The number of hydrogen-bond acceptors (Lipinski definition) is 2. The molecular weight excluding hydrogens is 184 g/mol. The van der Waals surface area contributed by atoms with Crippen molar-refractivity contribution in [3.05, 3.63) is 0 Å². The summed E-state index contributed by atoms with van der Waals surface area (Å²) < 4.78 is 0. The van der Waals surface area contributed by atoms with E-state index >= 15 is 0 Å². The molecule has 1 rings (SSSR count). The maximum atomic E-state index is 11.4. The molecule has 0 aromatic carbocycles. The first-order valence-corrected chi connectivity index (χ1v) is 4.94. The predicted molar refractivity (Wildman–Crippen MR) is 51.1 cm³/mol. The van der Waals surface area contributed by atoms with Gasteiger partial charge in [-0.25, -0.2) is 4.79 Å². The van der Waals surface area contributed by atoms with E-state index in [9.17, 15) is 9.59 Å². The Hall–Kier alpha value is -1.26. The molecule has 0 aliphatic carbocycles. The number of nitrogens with one attached hydrogen (secondary N) is 1. The van der Waals surface area contributed by atoms with Gasteiger partial charge in [0.2, 0.25) is 5.91 Å². The van der Waals surface area contributed by atoms with Crippen LogP contribution < -0.4 is 5.32 Å². The van der Waals surface area contributed by atoms with Crippen LogP contribution in [0.25, 0.3) is 0 Å². The molecule has 0 aromatic heterocycles. The smallest absolute Gasteiger partial charge is 0.408 e. The molecule has 0 radical (unpaired) electrons. The van der Waals surface area contributed by atoms with Gasteiger partial charge in [0.05, 0.1) is 0 Å². The zero-order valence-corrected chi connectivity index (χ0v) is 8.32. The van der Waals surface area contributed by atoms with Gasteiger partial charge in [-0.05, 0) is 6.42 Å². The van der Waals surface area contributed by atoms with Gasteiger partial charge in [-0.15, -0.1) is 0 Å². The normalized spacial score (nSPS) is 21.9. The van der Waals surface area contributed by atoms with E-state index < -0.39 is 12.1 Å². The second-order valence-corrected chi connectivity index (χ2v) is 3.43. The molecule has 1 atom stereocenters. The lowest BCUT2D eigenvalue weighted by molar-refractivity contribution is -0.128. The molecule has 1 heterocycles. The third-order valence-corrected chi connectivity index (χ3v) is 2.41. The van der Waals surface area contributed by atoms with Crippen LogP contribution in [-0.2, 0) is 4.79 Å². The molecule has 0 bridgehead atoms. The molecule has 5 nitrogen and oxygen atoms in total. The minimum absolute atomic E-state index is 0.160. The Morgan fingerprint density at radius 2 is 2.43 bits per heavy atom. The fourth-order valence-electron chi connectivity index (χ4n) is 1.63. The van der Waals surface area contributed by atoms with E-state index in [1.54, 1.807) is 0 Å². The molecule has 1 saturated heterocycles. The number of nitrogens with zero attached hydrogens (tertiary/aromatic N) is 1. The summed E-state index contributed by atoms with van der Waals surface area (Å²) in [4.78, 5) is 23.4. The number of piperazine rings is 1. The van der Waals surface area contributed by atoms with Crippen molar-refractivity contribution in [3.63, 3.8) is 0 Å². The number of unbranched alkanes of at least 4 members (excludes halogenated alkanes) is 1. The van der Waals surface area contributed by atoms with Gasteiger partial charge < -0.3 is 10.4 Å². The monoisotopic (exact) mass is 200 g/mol. The van der Waals surface area contributed by atoms with E-state index in [0.29, 0.717) is 19.5 Å². The van der Waals surface area contributed by atoms with Gasteiger partial charge >= 0.3 is 6.09 Å². The van der Waals surface area contributed by atoms with E-state index in [1.807, 2.05) is 6.92 Å². The second-order valence-electron chi connectivity index (χ2n) is 3.43. The Labute approximate surface area is 83.1 Å². The first-order valence-electron chi connectivity index (χ1n) is 4.94. The van der Waals surface area contributed by atoms with Crippen LogP contribution in [0.1, 0.15) is 26.2 Å². The van der Waals surface area contributed by atoms with Gasteiger partial charge in [-0.2, -0.15) is 0 Å². The lowest BCUT2D eigenvalue weighted by Gasteiger charge is -2.32. The van der Waals surface area contributed by atoms with Gasteiger partial charge in [0.1, 0.15) is 6.04 Å². The van der Waals surface area contributed by atoms with Crippen molar-refractivity contribution in [2.45, 2.75) is 32.2 Å². The summed E-state index contributed by atoms with van der Waals surface area (Å²) in [7, 11) is 0. The van der Waals surface area contributed by atoms with Gasteiger partial charge in [0.15, 0.2) is 0 Å². The lowest BCUT2D eigenvalue weighted by Crippen LogP contribution is -2.56. The molecule has 1 unspecified atom stereocenters. The highest BCUT2D eigenvalue weighted by Gasteiger charge is 2.31. The third-order valence-electron chi connectivity index (χ3n) is 2.41. The number of carboxylic acid groups (broad SMARTS) is 1. The van der Waals surface area contributed by atoms with E-state index in [2.05, 4.69) is 5.32 Å². The molecule has 2 amide bonds. The summed E-state index contributed by atoms with van der Waals surface area (Å²) in [5, 5.41) is 11.6.